The van der Waals surface area contributed by atoms with Gasteiger partial charge in [0.05, 0.1) is 12.0 Å². The molecule has 0 aliphatic rings. The van der Waals surface area contributed by atoms with Gasteiger partial charge in [-0.15, -0.1) is 0 Å². The van der Waals surface area contributed by atoms with Crippen LogP contribution in [0.25, 0.3) is 0 Å². The van der Waals surface area contributed by atoms with Crippen LogP contribution in [0.2, 0.25) is 5.15 Å². The molecular weight excluding hydrogens is 348 g/mol. The highest BCUT2D eigenvalue weighted by molar-refractivity contribution is 9.10. The highest BCUT2D eigenvalue weighted by Gasteiger charge is 2.10. The lowest BCUT2D eigenvalue weighted by atomic mass is 10.3. The van der Waals surface area contributed by atoms with Crippen molar-refractivity contribution in [3.05, 3.63) is 50.6 Å². The number of nitrogens with two attached hydrogens (primary N) is 1. The van der Waals surface area contributed by atoms with Gasteiger partial charge in [0.15, 0.2) is 5.15 Å². The summed E-state index contributed by atoms with van der Waals surface area (Å²) in [6.07, 6.45) is 1.18. The number of nitrogen functional groups attached to an aromatic ring is 1. The van der Waals surface area contributed by atoms with E-state index in [2.05, 4.69) is 26.2 Å². The first-order valence-electron chi connectivity index (χ1n) is 5.54. The molecule has 0 saturated heterocycles. The molecule has 0 unspecified atom stereocenters. The number of amides is 1. The second-order valence-corrected chi connectivity index (χ2v) is 5.12. The number of carbonyl (C=O) groups is 1. The van der Waals surface area contributed by atoms with Gasteiger partial charge in [-0.2, -0.15) is 0 Å². The zero-order chi connectivity index (χ0) is 14.7. The van der Waals surface area contributed by atoms with Crippen molar-refractivity contribution in [1.82, 2.24) is 9.55 Å². The average Bonchev–Trinajstić information content (AvgIpc) is 2.42. The van der Waals surface area contributed by atoms with Crippen LogP contribution in [0.3, 0.4) is 0 Å². The Morgan fingerprint density at radius 3 is 2.85 bits per heavy atom. The third kappa shape index (κ3) is 3.17. The molecule has 3 N–H and O–H groups in total. The van der Waals surface area contributed by atoms with E-state index in [0.29, 0.717) is 5.69 Å². The van der Waals surface area contributed by atoms with E-state index in [-0.39, 0.29) is 23.3 Å². The standard InChI is InChI=1S/C12H10BrClN4O2/c13-7-3-1-2-4-8(7)17-9(19)5-18-6-16-11(14)10(15)12(18)20/h1-4,6H,5,15H2,(H,17,19). The van der Waals surface area contributed by atoms with Gasteiger partial charge >= 0.3 is 0 Å². The molecule has 2 aromatic rings. The lowest BCUT2D eigenvalue weighted by Gasteiger charge is -2.09. The number of hydrogen-bond acceptors (Lipinski definition) is 4. The molecule has 1 aromatic heterocycles. The van der Waals surface area contributed by atoms with Crippen molar-refractivity contribution < 1.29 is 4.79 Å². The van der Waals surface area contributed by atoms with Gasteiger partial charge in [0.25, 0.3) is 5.56 Å². The predicted molar refractivity (Wildman–Crippen MR) is 80.7 cm³/mol. The van der Waals surface area contributed by atoms with Crippen LogP contribution in [0.5, 0.6) is 0 Å². The molecule has 1 heterocycles. The number of aromatic nitrogens is 2. The van der Waals surface area contributed by atoms with Gasteiger partial charge in [0, 0.05) is 4.47 Å². The van der Waals surface area contributed by atoms with Crippen molar-refractivity contribution in [3.63, 3.8) is 0 Å². The van der Waals surface area contributed by atoms with E-state index in [1.807, 2.05) is 6.07 Å². The highest BCUT2D eigenvalue weighted by atomic mass is 79.9. The third-order valence-electron chi connectivity index (χ3n) is 2.49. The van der Waals surface area contributed by atoms with Gasteiger partial charge in [-0.1, -0.05) is 23.7 Å². The average molecular weight is 358 g/mol. The van der Waals surface area contributed by atoms with Crippen molar-refractivity contribution in [2.45, 2.75) is 6.54 Å². The Labute approximate surface area is 127 Å². The summed E-state index contributed by atoms with van der Waals surface area (Å²) < 4.78 is 1.84. The molecule has 0 radical (unpaired) electrons. The van der Waals surface area contributed by atoms with Crippen molar-refractivity contribution >= 4 is 44.8 Å². The predicted octanol–water partition coefficient (Wildman–Crippen LogP) is 1.88. The highest BCUT2D eigenvalue weighted by Crippen LogP contribution is 2.21. The Balaban J connectivity index is 2.15. The molecule has 0 aliphatic carbocycles. The molecule has 0 bridgehead atoms. The fraction of sp³-hybridized carbons (Fsp3) is 0.0833. The summed E-state index contributed by atoms with van der Waals surface area (Å²) in [5.41, 5.74) is 5.35. The fourth-order valence-corrected chi connectivity index (χ4v) is 2.01. The number of nitrogens with zero attached hydrogens (tertiary/aromatic N) is 2. The van der Waals surface area contributed by atoms with Gasteiger partial charge in [-0.05, 0) is 28.1 Å². The van der Waals surface area contributed by atoms with E-state index in [1.165, 1.54) is 6.33 Å². The molecule has 104 valence electrons. The number of halogens is 2. The lowest BCUT2D eigenvalue weighted by molar-refractivity contribution is -0.116. The summed E-state index contributed by atoms with van der Waals surface area (Å²) in [5.74, 6) is -0.373. The van der Waals surface area contributed by atoms with Crippen LogP contribution in [-0.4, -0.2) is 15.5 Å². The van der Waals surface area contributed by atoms with E-state index in [9.17, 15) is 9.59 Å². The van der Waals surface area contributed by atoms with E-state index in [1.54, 1.807) is 18.2 Å². The summed E-state index contributed by atoms with van der Waals surface area (Å²) in [6, 6.07) is 7.14. The zero-order valence-electron chi connectivity index (χ0n) is 10.1. The third-order valence-corrected chi connectivity index (χ3v) is 3.48. The quantitative estimate of drug-likeness (QED) is 0.821. The first-order valence-corrected chi connectivity index (χ1v) is 6.71. The minimum Gasteiger partial charge on any atom is -0.392 e. The molecule has 1 amide bonds. The second kappa shape index (κ2) is 6.06. The van der Waals surface area contributed by atoms with Crippen molar-refractivity contribution in [1.29, 1.82) is 0 Å². The van der Waals surface area contributed by atoms with Crippen LogP contribution in [0.4, 0.5) is 11.4 Å². The molecule has 0 aliphatic heterocycles. The largest absolute Gasteiger partial charge is 0.392 e. The van der Waals surface area contributed by atoms with Gasteiger partial charge < -0.3 is 11.1 Å². The summed E-state index contributed by atoms with van der Waals surface area (Å²) >= 11 is 8.93. The number of rotatable bonds is 3. The van der Waals surface area contributed by atoms with Crippen molar-refractivity contribution in [2.24, 2.45) is 0 Å². The van der Waals surface area contributed by atoms with Crippen LogP contribution in [0.1, 0.15) is 0 Å². The van der Waals surface area contributed by atoms with Gasteiger partial charge in [0.2, 0.25) is 5.91 Å². The Hall–Kier alpha value is -1.86. The maximum absolute atomic E-state index is 11.9. The molecule has 8 heteroatoms. The molecule has 20 heavy (non-hydrogen) atoms. The first kappa shape index (κ1) is 14.5. The van der Waals surface area contributed by atoms with Crippen LogP contribution in [0, 0.1) is 0 Å². The van der Waals surface area contributed by atoms with E-state index in [0.717, 1.165) is 9.04 Å². The number of benzene rings is 1. The molecule has 0 atom stereocenters. The molecule has 0 fully saturated rings. The van der Waals surface area contributed by atoms with Crippen molar-refractivity contribution in [3.8, 4) is 0 Å². The Kier molecular flexibility index (Phi) is 4.41. The molecule has 0 saturated carbocycles. The van der Waals surface area contributed by atoms with Crippen LogP contribution in [0.15, 0.2) is 39.9 Å². The van der Waals surface area contributed by atoms with E-state index < -0.39 is 5.56 Å². The van der Waals surface area contributed by atoms with Crippen LogP contribution >= 0.6 is 27.5 Å². The van der Waals surface area contributed by atoms with E-state index in [4.69, 9.17) is 17.3 Å². The smallest absolute Gasteiger partial charge is 0.278 e. The summed E-state index contributed by atoms with van der Waals surface area (Å²) in [4.78, 5) is 27.4. The minimum absolute atomic E-state index is 0.0718. The monoisotopic (exact) mass is 356 g/mol. The van der Waals surface area contributed by atoms with Gasteiger partial charge in [0.1, 0.15) is 12.2 Å². The van der Waals surface area contributed by atoms with Crippen LogP contribution in [-0.2, 0) is 11.3 Å². The fourth-order valence-electron chi connectivity index (χ4n) is 1.50. The molecule has 0 spiro atoms. The summed E-state index contributed by atoms with van der Waals surface area (Å²) in [7, 11) is 0. The summed E-state index contributed by atoms with van der Waals surface area (Å²) in [6.45, 7) is -0.200. The van der Waals surface area contributed by atoms with Crippen LogP contribution < -0.4 is 16.6 Å². The zero-order valence-corrected chi connectivity index (χ0v) is 12.5. The Bertz CT molecular complexity index is 717. The Morgan fingerprint density at radius 2 is 2.15 bits per heavy atom. The molecular formula is C12H10BrClN4O2. The minimum atomic E-state index is -0.549. The number of para-hydroxylation sites is 1. The normalized spacial score (nSPS) is 10.3. The number of hydrogen-bond donors (Lipinski definition) is 2. The Morgan fingerprint density at radius 1 is 1.45 bits per heavy atom. The van der Waals surface area contributed by atoms with E-state index >= 15 is 0 Å². The number of anilines is 2. The number of carbonyl (C=O) groups excluding carboxylic acids is 1. The summed E-state index contributed by atoms with van der Waals surface area (Å²) in [5, 5.41) is 2.60. The van der Waals surface area contributed by atoms with Crippen molar-refractivity contribution in [2.75, 3.05) is 11.1 Å². The maximum atomic E-state index is 11.9. The number of nitrogens with one attached hydrogen (secondary N) is 1. The second-order valence-electron chi connectivity index (χ2n) is 3.91. The lowest BCUT2D eigenvalue weighted by Crippen LogP contribution is -2.29. The molecule has 6 nitrogen and oxygen atoms in total. The van der Waals surface area contributed by atoms with Gasteiger partial charge in [-0.3, -0.25) is 14.2 Å². The topological polar surface area (TPSA) is 90.0 Å². The molecule has 2 rings (SSSR count). The first-order chi connectivity index (χ1) is 9.49. The van der Waals surface area contributed by atoms with Gasteiger partial charge in [-0.25, -0.2) is 4.98 Å². The molecule has 1 aromatic carbocycles. The SMILES string of the molecule is Nc1c(Cl)ncn(CC(=O)Nc2ccccc2Br)c1=O. The maximum Gasteiger partial charge on any atom is 0.278 e.